The molecule has 100 valence electrons. The molecule has 3 rings (SSSR count). The van der Waals surface area contributed by atoms with Gasteiger partial charge in [0.1, 0.15) is 5.82 Å². The van der Waals surface area contributed by atoms with Crippen LogP contribution in [0.5, 0.6) is 0 Å². The molecule has 0 radical (unpaired) electrons. The molecule has 1 amide bonds. The van der Waals surface area contributed by atoms with Gasteiger partial charge in [-0.25, -0.2) is 4.39 Å². The van der Waals surface area contributed by atoms with Crippen molar-refractivity contribution in [3.8, 4) is 0 Å². The summed E-state index contributed by atoms with van der Waals surface area (Å²) < 4.78 is 13.2. The predicted octanol–water partition coefficient (Wildman–Crippen LogP) is 2.76. The highest BCUT2D eigenvalue weighted by molar-refractivity contribution is 6.04. The number of rotatable bonds is 2. The molecule has 2 aromatic rings. The van der Waals surface area contributed by atoms with Gasteiger partial charge in [0.15, 0.2) is 5.69 Å². The van der Waals surface area contributed by atoms with Crippen molar-refractivity contribution in [2.45, 2.75) is 38.1 Å². The van der Waals surface area contributed by atoms with Crippen LogP contribution in [0.3, 0.4) is 0 Å². The Bertz CT molecular complexity index is 602. The number of halogens is 1. The zero-order valence-electron chi connectivity index (χ0n) is 10.6. The quantitative estimate of drug-likeness (QED) is 0.873. The van der Waals surface area contributed by atoms with E-state index in [-0.39, 0.29) is 23.5 Å². The summed E-state index contributed by atoms with van der Waals surface area (Å²) in [5, 5.41) is 10.3. The Morgan fingerprint density at radius 2 is 2.11 bits per heavy atom. The van der Waals surface area contributed by atoms with Crippen LogP contribution in [-0.2, 0) is 0 Å². The van der Waals surface area contributed by atoms with Crippen LogP contribution in [0.15, 0.2) is 18.2 Å². The molecular weight excluding hydrogens is 245 g/mol. The van der Waals surface area contributed by atoms with Gasteiger partial charge < -0.3 is 5.32 Å². The van der Waals surface area contributed by atoms with Gasteiger partial charge in [0.05, 0.1) is 5.52 Å². The van der Waals surface area contributed by atoms with E-state index >= 15 is 0 Å². The van der Waals surface area contributed by atoms with Gasteiger partial charge in [-0.3, -0.25) is 9.89 Å². The van der Waals surface area contributed by atoms with Gasteiger partial charge in [-0.2, -0.15) is 5.10 Å². The number of H-pyrrole nitrogens is 1. The molecule has 0 atom stereocenters. The third-order valence-electron chi connectivity index (χ3n) is 3.68. The van der Waals surface area contributed by atoms with E-state index in [9.17, 15) is 9.18 Å². The van der Waals surface area contributed by atoms with Crippen molar-refractivity contribution in [1.82, 2.24) is 15.5 Å². The molecule has 1 aliphatic rings. The Balaban J connectivity index is 1.82. The number of amides is 1. The Hall–Kier alpha value is -1.91. The number of carbonyl (C=O) groups excluding carboxylic acids is 1. The molecular formula is C14H16FN3O. The molecule has 1 fully saturated rings. The lowest BCUT2D eigenvalue weighted by molar-refractivity contribution is 0.0924. The molecule has 1 saturated carbocycles. The molecule has 0 spiro atoms. The first-order valence-electron chi connectivity index (χ1n) is 6.68. The molecule has 0 aliphatic heterocycles. The van der Waals surface area contributed by atoms with E-state index in [0.717, 1.165) is 25.7 Å². The molecule has 1 aromatic carbocycles. The van der Waals surface area contributed by atoms with Gasteiger partial charge in [0, 0.05) is 11.4 Å². The highest BCUT2D eigenvalue weighted by Crippen LogP contribution is 2.20. The maximum Gasteiger partial charge on any atom is 0.272 e. The first-order valence-corrected chi connectivity index (χ1v) is 6.68. The summed E-state index contributed by atoms with van der Waals surface area (Å²) in [4.78, 5) is 12.2. The minimum Gasteiger partial charge on any atom is -0.348 e. The average Bonchev–Trinajstić information content (AvgIpc) is 2.82. The van der Waals surface area contributed by atoms with Crippen LogP contribution in [0.25, 0.3) is 10.9 Å². The van der Waals surface area contributed by atoms with Gasteiger partial charge in [-0.1, -0.05) is 19.3 Å². The summed E-state index contributed by atoms with van der Waals surface area (Å²) in [6, 6.07) is 4.51. The zero-order valence-corrected chi connectivity index (χ0v) is 10.6. The predicted molar refractivity (Wildman–Crippen MR) is 70.4 cm³/mol. The van der Waals surface area contributed by atoms with Crippen molar-refractivity contribution in [2.24, 2.45) is 0 Å². The molecule has 0 unspecified atom stereocenters. The SMILES string of the molecule is O=C(NC1CCCCC1)c1n[nH]c2ccc(F)cc12. The second kappa shape index (κ2) is 4.99. The van der Waals surface area contributed by atoms with Gasteiger partial charge >= 0.3 is 0 Å². The lowest BCUT2D eigenvalue weighted by atomic mass is 9.95. The Labute approximate surface area is 110 Å². The summed E-state index contributed by atoms with van der Waals surface area (Å²) in [6.07, 6.45) is 5.58. The topological polar surface area (TPSA) is 57.8 Å². The Kier molecular flexibility index (Phi) is 3.19. The fraction of sp³-hybridized carbons (Fsp3) is 0.429. The number of aromatic nitrogens is 2. The molecule has 19 heavy (non-hydrogen) atoms. The number of hydrogen-bond donors (Lipinski definition) is 2. The molecule has 1 aliphatic carbocycles. The van der Waals surface area contributed by atoms with Crippen molar-refractivity contribution in [3.63, 3.8) is 0 Å². The van der Waals surface area contributed by atoms with Crippen LogP contribution in [0.4, 0.5) is 4.39 Å². The molecule has 2 N–H and O–H groups in total. The fourth-order valence-corrected chi connectivity index (χ4v) is 2.66. The lowest BCUT2D eigenvalue weighted by Crippen LogP contribution is -2.36. The van der Waals surface area contributed by atoms with Gasteiger partial charge in [-0.15, -0.1) is 0 Å². The number of carbonyl (C=O) groups is 1. The van der Waals surface area contributed by atoms with E-state index < -0.39 is 0 Å². The summed E-state index contributed by atoms with van der Waals surface area (Å²) in [5.74, 6) is -0.579. The highest BCUT2D eigenvalue weighted by Gasteiger charge is 2.20. The molecule has 1 heterocycles. The number of fused-ring (bicyclic) bond motifs is 1. The summed E-state index contributed by atoms with van der Waals surface area (Å²) >= 11 is 0. The fourth-order valence-electron chi connectivity index (χ4n) is 2.66. The van der Waals surface area contributed by atoms with Gasteiger partial charge in [0.25, 0.3) is 5.91 Å². The summed E-state index contributed by atoms with van der Waals surface area (Å²) in [6.45, 7) is 0. The number of aromatic amines is 1. The van der Waals surface area contributed by atoms with Crippen LogP contribution in [-0.4, -0.2) is 22.1 Å². The number of nitrogens with zero attached hydrogens (tertiary/aromatic N) is 1. The third-order valence-corrected chi connectivity index (χ3v) is 3.68. The van der Waals surface area contributed by atoms with Crippen molar-refractivity contribution in [3.05, 3.63) is 29.7 Å². The van der Waals surface area contributed by atoms with E-state index in [0.29, 0.717) is 10.9 Å². The molecule has 0 bridgehead atoms. The smallest absolute Gasteiger partial charge is 0.272 e. The Morgan fingerprint density at radius 3 is 2.89 bits per heavy atom. The van der Waals surface area contributed by atoms with Crippen LogP contribution in [0, 0.1) is 5.82 Å². The van der Waals surface area contributed by atoms with Crippen LogP contribution >= 0.6 is 0 Å². The highest BCUT2D eigenvalue weighted by atomic mass is 19.1. The van der Waals surface area contributed by atoms with Gasteiger partial charge in [-0.05, 0) is 31.0 Å². The van der Waals surface area contributed by atoms with Crippen molar-refractivity contribution >= 4 is 16.8 Å². The molecule has 5 heteroatoms. The molecule has 4 nitrogen and oxygen atoms in total. The normalized spacial score (nSPS) is 16.7. The van der Waals surface area contributed by atoms with E-state index in [4.69, 9.17) is 0 Å². The first kappa shape index (κ1) is 12.1. The standard InChI is InChI=1S/C14H16FN3O/c15-9-6-7-12-11(8-9)13(18-17-12)14(19)16-10-4-2-1-3-5-10/h6-8,10H,1-5H2,(H,16,19)(H,17,18). The van der Waals surface area contributed by atoms with Crippen LogP contribution in [0.1, 0.15) is 42.6 Å². The third kappa shape index (κ3) is 2.45. The van der Waals surface area contributed by atoms with Crippen LogP contribution < -0.4 is 5.32 Å². The average molecular weight is 261 g/mol. The number of nitrogens with one attached hydrogen (secondary N) is 2. The van der Waals surface area contributed by atoms with Crippen LogP contribution in [0.2, 0.25) is 0 Å². The van der Waals surface area contributed by atoms with Gasteiger partial charge in [0.2, 0.25) is 0 Å². The Morgan fingerprint density at radius 1 is 1.32 bits per heavy atom. The van der Waals surface area contributed by atoms with Crippen molar-refractivity contribution < 1.29 is 9.18 Å². The first-order chi connectivity index (χ1) is 9.24. The minimum absolute atomic E-state index is 0.219. The largest absolute Gasteiger partial charge is 0.348 e. The van der Waals surface area contributed by atoms with E-state index in [1.165, 1.54) is 18.6 Å². The number of hydrogen-bond acceptors (Lipinski definition) is 2. The van der Waals surface area contributed by atoms with E-state index in [1.807, 2.05) is 0 Å². The van der Waals surface area contributed by atoms with Crippen molar-refractivity contribution in [2.75, 3.05) is 0 Å². The van der Waals surface area contributed by atoms with Crippen molar-refractivity contribution in [1.29, 1.82) is 0 Å². The molecule has 0 saturated heterocycles. The maximum atomic E-state index is 13.2. The number of benzene rings is 1. The minimum atomic E-state index is -0.361. The maximum absolute atomic E-state index is 13.2. The monoisotopic (exact) mass is 261 g/mol. The summed E-state index contributed by atoms with van der Waals surface area (Å²) in [5.41, 5.74) is 0.954. The summed E-state index contributed by atoms with van der Waals surface area (Å²) in [7, 11) is 0. The van der Waals surface area contributed by atoms with E-state index in [2.05, 4.69) is 15.5 Å². The zero-order chi connectivity index (χ0) is 13.2. The van der Waals surface area contributed by atoms with E-state index in [1.54, 1.807) is 6.07 Å². The second-order valence-electron chi connectivity index (χ2n) is 5.07. The molecule has 1 aromatic heterocycles. The lowest BCUT2D eigenvalue weighted by Gasteiger charge is -2.22. The second-order valence-corrected chi connectivity index (χ2v) is 5.07.